The van der Waals surface area contributed by atoms with Crippen molar-refractivity contribution in [3.05, 3.63) is 107 Å². The Morgan fingerprint density at radius 2 is 1.51 bits per heavy atom. The Morgan fingerprint density at radius 3 is 2.17 bits per heavy atom. The molecule has 2 amide bonds. The number of nitrogens with one attached hydrogen (secondary N) is 1. The molecule has 0 aromatic heterocycles. The van der Waals surface area contributed by atoms with Crippen molar-refractivity contribution >= 4 is 11.8 Å². The molecule has 184 valence electrons. The first kappa shape index (κ1) is 26.2. The van der Waals surface area contributed by atoms with Gasteiger partial charge in [-0.1, -0.05) is 91.3 Å². The van der Waals surface area contributed by atoms with Crippen molar-refractivity contribution in [1.29, 1.82) is 0 Å². The molecule has 3 aromatic carbocycles. The highest BCUT2D eigenvalue weighted by atomic mass is 16.2. The molecule has 4 nitrogen and oxygen atoms in total. The molecule has 35 heavy (non-hydrogen) atoms. The van der Waals surface area contributed by atoms with E-state index in [0.717, 1.165) is 28.7 Å². The Hall–Kier alpha value is -3.40. The highest BCUT2D eigenvalue weighted by Gasteiger charge is 2.31. The maximum Gasteiger partial charge on any atom is 0.243 e. The van der Waals surface area contributed by atoms with E-state index in [0.29, 0.717) is 25.8 Å². The van der Waals surface area contributed by atoms with Crippen molar-refractivity contribution in [2.45, 2.75) is 72.0 Å². The molecule has 0 aliphatic heterocycles. The van der Waals surface area contributed by atoms with Gasteiger partial charge in [-0.15, -0.1) is 0 Å². The SMILES string of the molecule is CC[C@@H](C)NC(=O)[C@H](Cc1ccccc1)N(Cc1ccccc1C)C(=O)CCc1ccc(C)cc1. The fraction of sp³-hybridized carbons (Fsp3) is 0.355. The Kier molecular flexibility index (Phi) is 9.66. The molecule has 2 atom stereocenters. The maximum atomic E-state index is 13.7. The van der Waals surface area contributed by atoms with Crippen LogP contribution in [-0.2, 0) is 29.0 Å². The number of hydrogen-bond donors (Lipinski definition) is 1. The van der Waals surface area contributed by atoms with Gasteiger partial charge in [-0.05, 0) is 55.9 Å². The predicted molar refractivity (Wildman–Crippen MR) is 143 cm³/mol. The molecule has 0 fully saturated rings. The van der Waals surface area contributed by atoms with E-state index in [1.54, 1.807) is 4.90 Å². The number of aryl methyl sites for hydroxylation is 3. The summed E-state index contributed by atoms with van der Waals surface area (Å²) in [6.07, 6.45) is 2.32. The molecule has 0 heterocycles. The minimum absolute atomic E-state index is 0.00550. The van der Waals surface area contributed by atoms with E-state index in [1.807, 2.05) is 55.5 Å². The van der Waals surface area contributed by atoms with Gasteiger partial charge in [0, 0.05) is 25.4 Å². The van der Waals surface area contributed by atoms with Crippen LogP contribution in [0.25, 0.3) is 0 Å². The number of benzene rings is 3. The Morgan fingerprint density at radius 1 is 0.857 bits per heavy atom. The molecule has 3 aromatic rings. The maximum absolute atomic E-state index is 13.7. The van der Waals surface area contributed by atoms with Crippen LogP contribution in [0.15, 0.2) is 78.9 Å². The minimum Gasteiger partial charge on any atom is -0.352 e. The number of hydrogen-bond acceptors (Lipinski definition) is 2. The first-order valence-corrected chi connectivity index (χ1v) is 12.6. The lowest BCUT2D eigenvalue weighted by molar-refractivity contribution is -0.141. The largest absolute Gasteiger partial charge is 0.352 e. The Labute approximate surface area is 210 Å². The van der Waals surface area contributed by atoms with E-state index in [-0.39, 0.29) is 17.9 Å². The first-order chi connectivity index (χ1) is 16.9. The van der Waals surface area contributed by atoms with E-state index in [9.17, 15) is 9.59 Å². The molecule has 0 radical (unpaired) electrons. The highest BCUT2D eigenvalue weighted by molar-refractivity contribution is 5.88. The lowest BCUT2D eigenvalue weighted by atomic mass is 10.00. The monoisotopic (exact) mass is 470 g/mol. The minimum atomic E-state index is -0.587. The zero-order chi connectivity index (χ0) is 25.2. The van der Waals surface area contributed by atoms with Crippen LogP contribution in [-0.4, -0.2) is 28.8 Å². The molecule has 0 bridgehead atoms. The molecule has 0 saturated heterocycles. The third-order valence-corrected chi connectivity index (χ3v) is 6.62. The van der Waals surface area contributed by atoms with Gasteiger partial charge in [0.15, 0.2) is 0 Å². The molecular weight excluding hydrogens is 432 g/mol. The van der Waals surface area contributed by atoms with E-state index < -0.39 is 6.04 Å². The molecule has 4 heteroatoms. The second-order valence-electron chi connectivity index (χ2n) is 9.46. The second-order valence-corrected chi connectivity index (χ2v) is 9.46. The fourth-order valence-electron chi connectivity index (χ4n) is 4.12. The lowest BCUT2D eigenvalue weighted by Gasteiger charge is -2.33. The van der Waals surface area contributed by atoms with Gasteiger partial charge in [0.1, 0.15) is 6.04 Å². The van der Waals surface area contributed by atoms with Gasteiger partial charge in [-0.2, -0.15) is 0 Å². The number of rotatable bonds is 11. The van der Waals surface area contributed by atoms with Crippen LogP contribution in [0.5, 0.6) is 0 Å². The van der Waals surface area contributed by atoms with Crippen LogP contribution in [0.2, 0.25) is 0 Å². The van der Waals surface area contributed by atoms with Gasteiger partial charge in [-0.3, -0.25) is 9.59 Å². The Balaban J connectivity index is 1.91. The van der Waals surface area contributed by atoms with Crippen LogP contribution >= 0.6 is 0 Å². The summed E-state index contributed by atoms with van der Waals surface area (Å²) in [5, 5.41) is 3.13. The molecule has 0 aliphatic rings. The highest BCUT2D eigenvalue weighted by Crippen LogP contribution is 2.19. The molecule has 0 unspecified atom stereocenters. The third kappa shape index (κ3) is 7.81. The van der Waals surface area contributed by atoms with Crippen LogP contribution in [0.1, 0.15) is 54.5 Å². The molecular formula is C31H38N2O2. The quantitative estimate of drug-likeness (QED) is 0.386. The van der Waals surface area contributed by atoms with Gasteiger partial charge < -0.3 is 10.2 Å². The standard InChI is InChI=1S/C31H38N2O2/c1-5-25(4)32-31(35)29(21-27-12-7-6-8-13-27)33(22-28-14-10-9-11-24(28)3)30(34)20-19-26-17-15-23(2)16-18-26/h6-18,25,29H,5,19-22H2,1-4H3,(H,32,35)/t25-,29+/m1/s1. The van der Waals surface area contributed by atoms with Gasteiger partial charge in [-0.25, -0.2) is 0 Å². The summed E-state index contributed by atoms with van der Waals surface area (Å²) in [5.74, 6) is -0.102. The van der Waals surface area contributed by atoms with Crippen molar-refractivity contribution in [1.82, 2.24) is 10.2 Å². The van der Waals surface area contributed by atoms with E-state index in [1.165, 1.54) is 5.56 Å². The summed E-state index contributed by atoms with van der Waals surface area (Å²) in [6.45, 7) is 8.57. The van der Waals surface area contributed by atoms with E-state index in [4.69, 9.17) is 0 Å². The summed E-state index contributed by atoms with van der Waals surface area (Å²) < 4.78 is 0. The molecule has 3 rings (SSSR count). The van der Waals surface area contributed by atoms with Gasteiger partial charge >= 0.3 is 0 Å². The summed E-state index contributed by atoms with van der Waals surface area (Å²) in [6, 6.07) is 25.8. The average Bonchev–Trinajstić information content (AvgIpc) is 2.87. The van der Waals surface area contributed by atoms with Crippen molar-refractivity contribution < 1.29 is 9.59 Å². The normalized spacial score (nSPS) is 12.6. The van der Waals surface area contributed by atoms with Crippen molar-refractivity contribution in [3.63, 3.8) is 0 Å². The van der Waals surface area contributed by atoms with Gasteiger partial charge in [0.25, 0.3) is 0 Å². The topological polar surface area (TPSA) is 49.4 Å². The van der Waals surface area contributed by atoms with Crippen LogP contribution in [0.3, 0.4) is 0 Å². The number of carbonyl (C=O) groups excluding carboxylic acids is 2. The zero-order valence-electron chi connectivity index (χ0n) is 21.5. The summed E-state index contributed by atoms with van der Waals surface area (Å²) in [4.78, 5) is 29.1. The predicted octanol–water partition coefficient (Wildman–Crippen LogP) is 5.79. The summed E-state index contributed by atoms with van der Waals surface area (Å²) in [5.41, 5.74) is 5.54. The first-order valence-electron chi connectivity index (χ1n) is 12.6. The van der Waals surface area contributed by atoms with Crippen LogP contribution < -0.4 is 5.32 Å². The summed E-state index contributed by atoms with van der Waals surface area (Å²) in [7, 11) is 0. The summed E-state index contributed by atoms with van der Waals surface area (Å²) >= 11 is 0. The second kappa shape index (κ2) is 12.9. The Bertz CT molecular complexity index is 1090. The number of carbonyl (C=O) groups is 2. The van der Waals surface area contributed by atoms with Crippen molar-refractivity contribution in [3.8, 4) is 0 Å². The fourth-order valence-corrected chi connectivity index (χ4v) is 4.12. The third-order valence-electron chi connectivity index (χ3n) is 6.62. The number of amides is 2. The van der Waals surface area contributed by atoms with Crippen molar-refractivity contribution in [2.24, 2.45) is 0 Å². The lowest BCUT2D eigenvalue weighted by Crippen LogP contribution is -2.52. The van der Waals surface area contributed by atoms with E-state index >= 15 is 0 Å². The van der Waals surface area contributed by atoms with Crippen LogP contribution in [0, 0.1) is 13.8 Å². The molecule has 1 N–H and O–H groups in total. The molecule has 0 spiro atoms. The van der Waals surface area contributed by atoms with Gasteiger partial charge in [0.2, 0.25) is 11.8 Å². The molecule has 0 saturated carbocycles. The molecule has 0 aliphatic carbocycles. The van der Waals surface area contributed by atoms with Crippen LogP contribution in [0.4, 0.5) is 0 Å². The van der Waals surface area contributed by atoms with Crippen molar-refractivity contribution in [2.75, 3.05) is 0 Å². The number of nitrogens with zero attached hydrogens (tertiary/aromatic N) is 1. The average molecular weight is 471 g/mol. The zero-order valence-corrected chi connectivity index (χ0v) is 21.5. The smallest absolute Gasteiger partial charge is 0.243 e. The van der Waals surface area contributed by atoms with E-state index in [2.05, 4.69) is 56.4 Å². The van der Waals surface area contributed by atoms with Gasteiger partial charge in [0.05, 0.1) is 0 Å².